The minimum atomic E-state index is -0.245. The molecule has 0 aliphatic heterocycles. The average molecular weight is 260 g/mol. The molecule has 0 bridgehead atoms. The predicted molar refractivity (Wildman–Crippen MR) is 75.1 cm³/mol. The Bertz CT molecular complexity index is 202. The van der Waals surface area contributed by atoms with Gasteiger partial charge in [0.05, 0.1) is 14.2 Å². The third-order valence-corrected chi connectivity index (χ3v) is 1.32. The molecule has 0 amide bonds. The van der Waals surface area contributed by atoms with Gasteiger partial charge in [-0.1, -0.05) is 26.7 Å². The lowest BCUT2D eigenvalue weighted by Crippen LogP contribution is -1.88. The van der Waals surface area contributed by atoms with Gasteiger partial charge in [0.1, 0.15) is 0 Å². The maximum Gasteiger partial charge on any atom is 0.302 e. The van der Waals surface area contributed by atoms with Gasteiger partial charge in [0.2, 0.25) is 0 Å². The van der Waals surface area contributed by atoms with Gasteiger partial charge in [-0.2, -0.15) is 0 Å². The summed E-state index contributed by atoms with van der Waals surface area (Å²) in [5.41, 5.74) is 0. The molecule has 108 valence electrons. The highest BCUT2D eigenvalue weighted by Gasteiger charge is 1.76. The molecule has 0 aromatic heterocycles. The van der Waals surface area contributed by atoms with E-state index < -0.39 is 0 Å². The molecule has 0 saturated carbocycles. The molecule has 0 spiro atoms. The lowest BCUT2D eigenvalue weighted by atomic mass is 10.4. The van der Waals surface area contributed by atoms with Crippen LogP contribution >= 0.6 is 0 Å². The van der Waals surface area contributed by atoms with E-state index in [0.29, 0.717) is 0 Å². The van der Waals surface area contributed by atoms with Crippen LogP contribution in [0.4, 0.5) is 0 Å². The Morgan fingerprint density at radius 3 is 1.00 bits per heavy atom. The van der Waals surface area contributed by atoms with Crippen LogP contribution in [0.5, 0.6) is 0 Å². The first-order valence-corrected chi connectivity index (χ1v) is 5.80. The van der Waals surface area contributed by atoms with Gasteiger partial charge in [-0.3, -0.25) is 9.59 Å². The van der Waals surface area contributed by atoms with Crippen LogP contribution < -0.4 is 0 Å². The molecular formula is C14H28O4. The van der Waals surface area contributed by atoms with E-state index in [2.05, 4.69) is 35.2 Å². The quantitative estimate of drug-likeness (QED) is 0.536. The second kappa shape index (κ2) is 29.6. The van der Waals surface area contributed by atoms with E-state index >= 15 is 0 Å². The van der Waals surface area contributed by atoms with E-state index in [0.717, 1.165) is 0 Å². The normalized spacial score (nSPS) is 6.22. The monoisotopic (exact) mass is 260 g/mol. The molecule has 0 atom stereocenters. The number of methoxy groups -OCH3 is 2. The van der Waals surface area contributed by atoms with E-state index in [1.807, 2.05) is 13.8 Å². The van der Waals surface area contributed by atoms with Gasteiger partial charge in [0.15, 0.2) is 0 Å². The molecule has 0 N–H and O–H groups in total. The smallest absolute Gasteiger partial charge is 0.302 e. The summed E-state index contributed by atoms with van der Waals surface area (Å²) in [5, 5.41) is 0. The van der Waals surface area contributed by atoms with E-state index in [1.165, 1.54) is 40.9 Å². The van der Waals surface area contributed by atoms with Crippen molar-refractivity contribution in [2.75, 3.05) is 14.2 Å². The van der Waals surface area contributed by atoms with E-state index in [1.54, 1.807) is 0 Å². The molecule has 0 aliphatic rings. The van der Waals surface area contributed by atoms with Crippen LogP contribution in [0, 0.1) is 11.8 Å². The summed E-state index contributed by atoms with van der Waals surface area (Å²) in [4.78, 5) is 19.2. The Kier molecular flexibility index (Phi) is 41.7. The predicted octanol–water partition coefficient (Wildman–Crippen LogP) is 3.19. The molecule has 0 radical (unpaired) electrons. The molecule has 0 unspecified atom stereocenters. The lowest BCUT2D eigenvalue weighted by Gasteiger charge is -1.80. The first-order valence-electron chi connectivity index (χ1n) is 5.80. The van der Waals surface area contributed by atoms with Crippen molar-refractivity contribution in [3.63, 3.8) is 0 Å². The molecule has 0 saturated heterocycles. The van der Waals surface area contributed by atoms with Gasteiger partial charge in [-0.25, -0.2) is 0 Å². The molecule has 0 aliphatic carbocycles. The Morgan fingerprint density at radius 1 is 0.833 bits per heavy atom. The average Bonchev–Trinajstić information content (AvgIpc) is 2.39. The van der Waals surface area contributed by atoms with Crippen LogP contribution in [-0.2, 0) is 19.1 Å². The number of hydrogen-bond donors (Lipinski definition) is 0. The second-order valence-corrected chi connectivity index (χ2v) is 2.89. The van der Waals surface area contributed by atoms with Gasteiger partial charge in [-0.05, 0) is 13.8 Å². The SMILES string of the molecule is CC#CC.CCCC.COC(C)=O.COC(C)=O. The first kappa shape index (κ1) is 25.4. The zero-order chi connectivity index (χ0) is 15.4. The van der Waals surface area contributed by atoms with E-state index in [9.17, 15) is 9.59 Å². The van der Waals surface area contributed by atoms with Gasteiger partial charge >= 0.3 is 11.9 Å². The van der Waals surface area contributed by atoms with Crippen molar-refractivity contribution in [2.24, 2.45) is 0 Å². The fourth-order valence-electron chi connectivity index (χ4n) is 0. The highest BCUT2D eigenvalue weighted by molar-refractivity contribution is 5.65. The number of rotatable bonds is 1. The van der Waals surface area contributed by atoms with Crippen molar-refractivity contribution in [3.05, 3.63) is 0 Å². The summed E-state index contributed by atoms with van der Waals surface area (Å²) in [5.74, 6) is 4.87. The summed E-state index contributed by atoms with van der Waals surface area (Å²) in [7, 11) is 2.70. The van der Waals surface area contributed by atoms with Gasteiger partial charge in [0.25, 0.3) is 0 Å². The number of ether oxygens (including phenoxy) is 2. The highest BCUT2D eigenvalue weighted by Crippen LogP contribution is 1.76. The fourth-order valence-corrected chi connectivity index (χ4v) is 0. The zero-order valence-corrected chi connectivity index (χ0v) is 13.0. The van der Waals surface area contributed by atoms with Crippen LogP contribution in [0.1, 0.15) is 54.4 Å². The lowest BCUT2D eigenvalue weighted by molar-refractivity contribution is -0.138. The largest absolute Gasteiger partial charge is 0.469 e. The molecule has 18 heavy (non-hydrogen) atoms. The van der Waals surface area contributed by atoms with Gasteiger partial charge in [-0.15, -0.1) is 11.8 Å². The molecular weight excluding hydrogens is 232 g/mol. The first-order chi connectivity index (χ1) is 8.37. The molecule has 4 heteroatoms. The molecule has 0 fully saturated rings. The maximum absolute atomic E-state index is 9.59. The standard InChI is InChI=1S/C4H10.C4H6.2C3H6O2/c2*1-3-4-2;2*1-3(4)5-2/h3-4H2,1-2H3;1-2H3;2*1-2H3. The Labute approximate surface area is 112 Å². The summed E-state index contributed by atoms with van der Waals surface area (Å²) >= 11 is 0. The van der Waals surface area contributed by atoms with E-state index in [-0.39, 0.29) is 11.9 Å². The fraction of sp³-hybridized carbons (Fsp3) is 0.714. The number of carbonyl (C=O) groups excluding carboxylic acids is 2. The molecule has 0 heterocycles. The Balaban J connectivity index is -0.0000000731. The summed E-state index contributed by atoms with van der Waals surface area (Å²) in [6, 6.07) is 0. The third-order valence-electron chi connectivity index (χ3n) is 1.32. The van der Waals surface area contributed by atoms with Crippen molar-refractivity contribution >= 4 is 11.9 Å². The van der Waals surface area contributed by atoms with Crippen molar-refractivity contribution in [1.29, 1.82) is 0 Å². The number of hydrogen-bond acceptors (Lipinski definition) is 4. The topological polar surface area (TPSA) is 52.6 Å². The van der Waals surface area contributed by atoms with Gasteiger partial charge < -0.3 is 9.47 Å². The molecule has 0 rings (SSSR count). The van der Waals surface area contributed by atoms with Crippen molar-refractivity contribution in [3.8, 4) is 11.8 Å². The number of esters is 2. The Hall–Kier alpha value is -1.50. The third kappa shape index (κ3) is 130. The van der Waals surface area contributed by atoms with Crippen LogP contribution in [0.3, 0.4) is 0 Å². The summed E-state index contributed by atoms with van der Waals surface area (Å²) in [6.07, 6.45) is 2.64. The van der Waals surface area contributed by atoms with Crippen molar-refractivity contribution in [2.45, 2.75) is 54.4 Å². The van der Waals surface area contributed by atoms with Crippen LogP contribution in [-0.4, -0.2) is 26.2 Å². The van der Waals surface area contributed by atoms with Crippen LogP contribution in [0.25, 0.3) is 0 Å². The maximum atomic E-state index is 9.59. The highest BCUT2D eigenvalue weighted by atomic mass is 16.5. The minimum absolute atomic E-state index is 0.245. The molecule has 4 nitrogen and oxygen atoms in total. The van der Waals surface area contributed by atoms with Crippen LogP contribution in [0.15, 0.2) is 0 Å². The number of carbonyl (C=O) groups is 2. The second-order valence-electron chi connectivity index (χ2n) is 2.89. The van der Waals surface area contributed by atoms with Crippen LogP contribution in [0.2, 0.25) is 0 Å². The molecule has 0 aromatic carbocycles. The summed E-state index contributed by atoms with van der Waals surface area (Å²) < 4.78 is 8.22. The van der Waals surface area contributed by atoms with E-state index in [4.69, 9.17) is 0 Å². The Morgan fingerprint density at radius 2 is 1.00 bits per heavy atom. The molecule has 0 aromatic rings. The van der Waals surface area contributed by atoms with Crippen molar-refractivity contribution < 1.29 is 19.1 Å². The van der Waals surface area contributed by atoms with Crippen molar-refractivity contribution in [1.82, 2.24) is 0 Å². The number of unbranched alkanes of at least 4 members (excludes halogenated alkanes) is 1. The zero-order valence-electron chi connectivity index (χ0n) is 13.0. The summed E-state index contributed by atoms with van der Waals surface area (Å²) in [6.45, 7) is 10.7. The van der Waals surface area contributed by atoms with Gasteiger partial charge in [0, 0.05) is 13.8 Å². The minimum Gasteiger partial charge on any atom is -0.469 e.